The van der Waals surface area contributed by atoms with Gasteiger partial charge in [0.1, 0.15) is 24.7 Å². The van der Waals surface area contributed by atoms with Crippen LogP contribution in [0.25, 0.3) is 0 Å². The molecule has 7 nitrogen and oxygen atoms in total. The first-order chi connectivity index (χ1) is 14.1. The van der Waals surface area contributed by atoms with Gasteiger partial charge in [-0.3, -0.25) is 9.78 Å². The number of carbonyl (C=O) groups is 1. The number of rotatable bonds is 7. The molecule has 1 aromatic heterocycles. The quantitative estimate of drug-likeness (QED) is 0.668. The minimum atomic E-state index is -0.590. The lowest BCUT2D eigenvalue weighted by Gasteiger charge is -2.11. The summed E-state index contributed by atoms with van der Waals surface area (Å²) in [5.74, 6) is 0.441. The number of benzene rings is 2. The maximum Gasteiger partial charge on any atom is 0.248 e. The Hall–Kier alpha value is -4.36. The maximum atomic E-state index is 11.7. The van der Waals surface area contributed by atoms with Gasteiger partial charge in [-0.25, -0.2) is 0 Å². The molecule has 2 N–H and O–H groups in total. The molecule has 0 bridgehead atoms. The van der Waals surface area contributed by atoms with Gasteiger partial charge >= 0.3 is 0 Å². The first-order valence-corrected chi connectivity index (χ1v) is 8.63. The number of ether oxygens (including phenoxy) is 2. The maximum absolute atomic E-state index is 11.7. The van der Waals surface area contributed by atoms with E-state index in [1.165, 1.54) is 0 Å². The summed E-state index contributed by atoms with van der Waals surface area (Å²) in [6.07, 6.45) is 0. The molecule has 0 saturated carbocycles. The van der Waals surface area contributed by atoms with Crippen molar-refractivity contribution in [3.63, 3.8) is 0 Å². The molecule has 1 amide bonds. The van der Waals surface area contributed by atoms with Gasteiger partial charge in [-0.1, -0.05) is 12.1 Å². The van der Waals surface area contributed by atoms with Gasteiger partial charge < -0.3 is 15.2 Å². The number of aromatic nitrogens is 1. The fourth-order valence-corrected chi connectivity index (χ4v) is 2.57. The van der Waals surface area contributed by atoms with Gasteiger partial charge in [-0.2, -0.15) is 10.5 Å². The standard InChI is InChI=1S/C22H16N4O3/c23-11-15-3-1-5-20(7-15)28-13-18-9-17(22(25)27)10-19(26-18)14-29-21-6-2-4-16(8-21)12-24/h1-10H,13-14H2,(H2,25,27). The average Bonchev–Trinajstić information content (AvgIpc) is 2.76. The molecule has 0 aliphatic carbocycles. The molecule has 0 unspecified atom stereocenters. The molecule has 0 atom stereocenters. The zero-order valence-corrected chi connectivity index (χ0v) is 15.3. The first-order valence-electron chi connectivity index (χ1n) is 8.63. The molecular weight excluding hydrogens is 368 g/mol. The number of hydrogen-bond donors (Lipinski definition) is 1. The molecule has 3 rings (SSSR count). The van der Waals surface area contributed by atoms with Crippen molar-refractivity contribution in [3.05, 3.63) is 88.7 Å². The highest BCUT2D eigenvalue weighted by atomic mass is 16.5. The third-order valence-corrected chi connectivity index (χ3v) is 3.92. The zero-order chi connectivity index (χ0) is 20.6. The Morgan fingerprint density at radius 2 is 1.34 bits per heavy atom. The number of nitrogens with two attached hydrogens (primary N) is 1. The zero-order valence-electron chi connectivity index (χ0n) is 15.3. The Morgan fingerprint density at radius 1 is 0.862 bits per heavy atom. The Morgan fingerprint density at radius 3 is 1.76 bits per heavy atom. The van der Waals surface area contributed by atoms with Gasteiger partial charge in [0.2, 0.25) is 5.91 Å². The van der Waals surface area contributed by atoms with Crippen LogP contribution in [0.1, 0.15) is 32.9 Å². The fraction of sp³-hybridized carbons (Fsp3) is 0.0909. The van der Waals surface area contributed by atoms with Gasteiger partial charge in [0, 0.05) is 5.56 Å². The lowest BCUT2D eigenvalue weighted by Crippen LogP contribution is -2.14. The molecule has 3 aromatic rings. The molecule has 0 saturated heterocycles. The van der Waals surface area contributed by atoms with Gasteiger partial charge in [0.05, 0.1) is 34.7 Å². The van der Waals surface area contributed by atoms with E-state index >= 15 is 0 Å². The van der Waals surface area contributed by atoms with E-state index in [0.717, 1.165) is 0 Å². The molecule has 0 spiro atoms. The molecular formula is C22H16N4O3. The number of primary amides is 1. The molecule has 142 valence electrons. The Kier molecular flexibility index (Phi) is 6.04. The van der Waals surface area contributed by atoms with Crippen molar-refractivity contribution >= 4 is 5.91 Å². The van der Waals surface area contributed by atoms with Crippen LogP contribution in [-0.4, -0.2) is 10.9 Å². The number of hydrogen-bond acceptors (Lipinski definition) is 6. The third kappa shape index (κ3) is 5.31. The molecule has 29 heavy (non-hydrogen) atoms. The summed E-state index contributed by atoms with van der Waals surface area (Å²) in [6.45, 7) is 0.180. The number of amides is 1. The van der Waals surface area contributed by atoms with Crippen LogP contribution in [0, 0.1) is 22.7 Å². The highest BCUT2D eigenvalue weighted by Gasteiger charge is 2.09. The second-order valence-electron chi connectivity index (χ2n) is 6.06. The van der Waals surface area contributed by atoms with Crippen molar-refractivity contribution in [2.45, 2.75) is 13.2 Å². The molecule has 0 aliphatic heterocycles. The number of nitriles is 2. The summed E-state index contributed by atoms with van der Waals surface area (Å²) in [6, 6.07) is 20.7. The summed E-state index contributed by atoms with van der Waals surface area (Å²) in [4.78, 5) is 16.1. The van der Waals surface area contributed by atoms with Crippen LogP contribution in [0.2, 0.25) is 0 Å². The minimum absolute atomic E-state index is 0.0902. The van der Waals surface area contributed by atoms with E-state index in [9.17, 15) is 4.79 Å². The minimum Gasteiger partial charge on any atom is -0.487 e. The highest BCUT2D eigenvalue weighted by Crippen LogP contribution is 2.17. The van der Waals surface area contributed by atoms with E-state index in [1.807, 2.05) is 12.1 Å². The Balaban J connectivity index is 1.75. The SMILES string of the molecule is N#Cc1cccc(OCc2cc(C(N)=O)cc(COc3cccc(C#N)c3)n2)c1. The number of pyridine rings is 1. The predicted molar refractivity (Wildman–Crippen MR) is 104 cm³/mol. The van der Waals surface area contributed by atoms with Gasteiger partial charge in [-0.15, -0.1) is 0 Å². The number of nitrogens with zero attached hydrogens (tertiary/aromatic N) is 3. The van der Waals surface area contributed by atoms with Crippen LogP contribution in [-0.2, 0) is 13.2 Å². The number of carbonyl (C=O) groups excluding carboxylic acids is 1. The van der Waals surface area contributed by atoms with E-state index in [-0.39, 0.29) is 18.8 Å². The summed E-state index contributed by atoms with van der Waals surface area (Å²) >= 11 is 0. The fourth-order valence-electron chi connectivity index (χ4n) is 2.57. The van der Waals surface area contributed by atoms with Crippen molar-refractivity contribution < 1.29 is 14.3 Å². The van der Waals surface area contributed by atoms with Crippen LogP contribution in [0.5, 0.6) is 11.5 Å². The van der Waals surface area contributed by atoms with Crippen LogP contribution in [0.15, 0.2) is 60.7 Å². The van der Waals surface area contributed by atoms with Crippen LogP contribution >= 0.6 is 0 Å². The lowest BCUT2D eigenvalue weighted by atomic mass is 10.2. The molecule has 7 heteroatoms. The van der Waals surface area contributed by atoms with Crippen LogP contribution in [0.4, 0.5) is 0 Å². The van der Waals surface area contributed by atoms with Crippen molar-refractivity contribution in [3.8, 4) is 23.6 Å². The van der Waals surface area contributed by atoms with E-state index in [0.29, 0.717) is 34.0 Å². The van der Waals surface area contributed by atoms with Gasteiger partial charge in [0.15, 0.2) is 0 Å². The van der Waals surface area contributed by atoms with Crippen molar-refractivity contribution in [2.24, 2.45) is 5.73 Å². The first kappa shape index (κ1) is 19.4. The monoisotopic (exact) mass is 384 g/mol. The van der Waals surface area contributed by atoms with Crippen molar-refractivity contribution in [2.75, 3.05) is 0 Å². The lowest BCUT2D eigenvalue weighted by molar-refractivity contribution is 0.0999. The van der Waals surface area contributed by atoms with E-state index in [4.69, 9.17) is 25.7 Å². The highest BCUT2D eigenvalue weighted by molar-refractivity contribution is 5.92. The Bertz CT molecular complexity index is 1050. The van der Waals surface area contributed by atoms with Crippen LogP contribution in [0.3, 0.4) is 0 Å². The second kappa shape index (κ2) is 9.03. The predicted octanol–water partition coefficient (Wildman–Crippen LogP) is 3.08. The molecule has 2 aromatic carbocycles. The molecule has 0 fully saturated rings. The normalized spacial score (nSPS) is 9.86. The van der Waals surface area contributed by atoms with Crippen molar-refractivity contribution in [1.82, 2.24) is 4.98 Å². The third-order valence-electron chi connectivity index (χ3n) is 3.92. The largest absolute Gasteiger partial charge is 0.487 e. The summed E-state index contributed by atoms with van der Waals surface area (Å²) in [5, 5.41) is 17.9. The van der Waals surface area contributed by atoms with Crippen LogP contribution < -0.4 is 15.2 Å². The second-order valence-corrected chi connectivity index (χ2v) is 6.06. The summed E-state index contributed by atoms with van der Waals surface area (Å²) in [7, 11) is 0. The molecule has 0 aliphatic rings. The topological polar surface area (TPSA) is 122 Å². The smallest absolute Gasteiger partial charge is 0.248 e. The van der Waals surface area contributed by atoms with E-state index in [1.54, 1.807) is 60.7 Å². The molecule has 0 radical (unpaired) electrons. The average molecular weight is 384 g/mol. The van der Waals surface area contributed by atoms with Gasteiger partial charge in [-0.05, 0) is 48.5 Å². The van der Waals surface area contributed by atoms with Gasteiger partial charge in [0.25, 0.3) is 0 Å². The Labute approximate surface area is 167 Å². The summed E-state index contributed by atoms with van der Waals surface area (Å²) in [5.41, 5.74) is 7.66. The molecule has 1 heterocycles. The van der Waals surface area contributed by atoms with E-state index in [2.05, 4.69) is 4.98 Å². The van der Waals surface area contributed by atoms with Crippen molar-refractivity contribution in [1.29, 1.82) is 10.5 Å². The van der Waals surface area contributed by atoms with E-state index < -0.39 is 5.91 Å². The summed E-state index contributed by atoms with van der Waals surface area (Å²) < 4.78 is 11.3.